The predicted octanol–water partition coefficient (Wildman–Crippen LogP) is 2.58. The lowest BCUT2D eigenvalue weighted by Crippen LogP contribution is -2.45. The summed E-state index contributed by atoms with van der Waals surface area (Å²) in [5.41, 5.74) is 6.22. The first-order chi connectivity index (χ1) is 12.1. The number of carbonyl (C=O) groups excluding carboxylic acids is 3. The number of hydrogen-bond acceptors (Lipinski definition) is 6. The number of para-hydroxylation sites is 1. The van der Waals surface area contributed by atoms with Crippen LogP contribution in [0.4, 0.5) is 10.5 Å². The lowest BCUT2D eigenvalue weighted by Gasteiger charge is -2.26. The third-order valence-corrected chi connectivity index (χ3v) is 4.06. The maximum absolute atomic E-state index is 13.1. The van der Waals surface area contributed by atoms with E-state index in [4.69, 9.17) is 15.2 Å². The second kappa shape index (κ2) is 7.45. The van der Waals surface area contributed by atoms with Gasteiger partial charge >= 0.3 is 12.1 Å². The fourth-order valence-electron chi connectivity index (χ4n) is 3.08. The normalized spacial score (nSPS) is 18.9. The molecule has 26 heavy (non-hydrogen) atoms. The number of ether oxygens (including phenoxy) is 2. The van der Waals surface area contributed by atoms with Crippen molar-refractivity contribution in [2.75, 3.05) is 11.5 Å². The van der Waals surface area contributed by atoms with Crippen LogP contribution < -0.4 is 10.6 Å². The molecule has 1 aliphatic heterocycles. The van der Waals surface area contributed by atoms with Gasteiger partial charge in [0.15, 0.2) is 0 Å². The Labute approximate surface area is 153 Å². The molecule has 1 aromatic carbocycles. The monoisotopic (exact) mass is 362 g/mol. The van der Waals surface area contributed by atoms with Crippen molar-refractivity contribution in [1.82, 2.24) is 0 Å². The van der Waals surface area contributed by atoms with Gasteiger partial charge in [-0.05, 0) is 46.2 Å². The Kier molecular flexibility index (Phi) is 5.71. The van der Waals surface area contributed by atoms with E-state index < -0.39 is 41.4 Å². The number of carbonyl (C=O) groups is 3. The summed E-state index contributed by atoms with van der Waals surface area (Å²) in [4.78, 5) is 39.1. The van der Waals surface area contributed by atoms with Gasteiger partial charge in [0, 0.05) is 6.04 Å². The van der Waals surface area contributed by atoms with Gasteiger partial charge in [0.05, 0.1) is 24.1 Å². The van der Waals surface area contributed by atoms with Crippen LogP contribution in [0.1, 0.15) is 46.1 Å². The van der Waals surface area contributed by atoms with Gasteiger partial charge < -0.3 is 15.2 Å². The summed E-state index contributed by atoms with van der Waals surface area (Å²) in [5.74, 6) is -2.87. The molecule has 3 atom stereocenters. The average Bonchev–Trinajstić information content (AvgIpc) is 2.79. The summed E-state index contributed by atoms with van der Waals surface area (Å²) in [6.45, 7) is 8.68. The van der Waals surface area contributed by atoms with Crippen LogP contribution in [0.25, 0.3) is 0 Å². The van der Waals surface area contributed by atoms with Crippen molar-refractivity contribution in [3.63, 3.8) is 0 Å². The van der Waals surface area contributed by atoms with Crippen LogP contribution in [0.3, 0.4) is 0 Å². The van der Waals surface area contributed by atoms with Crippen molar-refractivity contribution in [2.24, 2.45) is 11.7 Å². The van der Waals surface area contributed by atoms with Gasteiger partial charge in [-0.15, -0.1) is 0 Å². The molecule has 0 bridgehead atoms. The molecule has 1 heterocycles. The quantitative estimate of drug-likeness (QED) is 0.827. The van der Waals surface area contributed by atoms with E-state index in [0.29, 0.717) is 11.3 Å². The zero-order chi connectivity index (χ0) is 19.6. The molecule has 7 nitrogen and oxygen atoms in total. The van der Waals surface area contributed by atoms with E-state index in [1.165, 1.54) is 0 Å². The van der Waals surface area contributed by atoms with Crippen molar-refractivity contribution in [2.45, 2.75) is 52.2 Å². The van der Waals surface area contributed by atoms with Gasteiger partial charge in [0.2, 0.25) is 5.91 Å². The minimum absolute atomic E-state index is 0.181. The number of anilines is 1. The van der Waals surface area contributed by atoms with Crippen molar-refractivity contribution < 1.29 is 23.9 Å². The summed E-state index contributed by atoms with van der Waals surface area (Å²) in [6.07, 6.45) is -0.773. The first-order valence-corrected chi connectivity index (χ1v) is 8.66. The molecule has 142 valence electrons. The number of nitrogens with zero attached hydrogens (tertiary/aromatic N) is 1. The van der Waals surface area contributed by atoms with Gasteiger partial charge in [-0.3, -0.25) is 9.59 Å². The molecule has 2 amide bonds. The lowest BCUT2D eigenvalue weighted by molar-refractivity contribution is -0.151. The molecule has 0 aliphatic carbocycles. The van der Waals surface area contributed by atoms with Crippen LogP contribution in [0.2, 0.25) is 0 Å². The highest BCUT2D eigenvalue weighted by Crippen LogP contribution is 2.43. The summed E-state index contributed by atoms with van der Waals surface area (Å²) in [6, 6.07) is 6.21. The Morgan fingerprint density at radius 2 is 1.88 bits per heavy atom. The molecule has 1 aliphatic rings. The third kappa shape index (κ3) is 3.88. The number of rotatable bonds is 4. The molecule has 2 N–H and O–H groups in total. The van der Waals surface area contributed by atoms with E-state index in [2.05, 4.69) is 0 Å². The number of fused-ring (bicyclic) bond motifs is 1. The molecular weight excluding hydrogens is 336 g/mol. The number of hydrogen-bond donors (Lipinski definition) is 1. The van der Waals surface area contributed by atoms with E-state index >= 15 is 0 Å². The molecule has 2 rings (SSSR count). The Hall–Kier alpha value is -2.41. The third-order valence-electron chi connectivity index (χ3n) is 4.06. The van der Waals surface area contributed by atoms with E-state index in [9.17, 15) is 14.4 Å². The van der Waals surface area contributed by atoms with Crippen LogP contribution in [0, 0.1) is 5.92 Å². The first-order valence-electron chi connectivity index (χ1n) is 8.66. The largest absolute Gasteiger partial charge is 0.466 e. The van der Waals surface area contributed by atoms with E-state index in [-0.39, 0.29) is 6.61 Å². The SMILES string of the molecule is CCOC(=O)[C@@H]([C@H](C)N)[C@H]1C(=O)N(C(=O)OC(C)(C)C)c2ccccc21. The minimum Gasteiger partial charge on any atom is -0.466 e. The van der Waals surface area contributed by atoms with Crippen LogP contribution in [-0.2, 0) is 19.1 Å². The topological polar surface area (TPSA) is 98.9 Å². The maximum atomic E-state index is 13.1. The molecule has 0 fully saturated rings. The minimum atomic E-state index is -0.893. The van der Waals surface area contributed by atoms with Gasteiger partial charge in [0.1, 0.15) is 5.60 Å². The summed E-state index contributed by atoms with van der Waals surface area (Å²) in [5, 5.41) is 0. The number of benzene rings is 1. The predicted molar refractivity (Wildman–Crippen MR) is 96.7 cm³/mol. The first kappa shape index (κ1) is 19.9. The second-order valence-corrected chi connectivity index (χ2v) is 7.33. The highest BCUT2D eigenvalue weighted by Gasteiger charge is 2.49. The molecule has 0 aromatic heterocycles. The highest BCUT2D eigenvalue weighted by atomic mass is 16.6. The van der Waals surface area contributed by atoms with Crippen molar-refractivity contribution in [3.8, 4) is 0 Å². The Bertz CT molecular complexity index is 708. The van der Waals surface area contributed by atoms with Crippen molar-refractivity contribution >= 4 is 23.7 Å². The average molecular weight is 362 g/mol. The Morgan fingerprint density at radius 1 is 1.27 bits per heavy atom. The fraction of sp³-hybridized carbons (Fsp3) is 0.526. The summed E-state index contributed by atoms with van der Waals surface area (Å²) >= 11 is 0. The van der Waals surface area contributed by atoms with Gasteiger partial charge in [-0.2, -0.15) is 0 Å². The number of nitrogens with two attached hydrogens (primary N) is 1. The highest BCUT2D eigenvalue weighted by molar-refractivity contribution is 6.20. The Balaban J connectivity index is 2.48. The number of imide groups is 1. The summed E-state index contributed by atoms with van der Waals surface area (Å²) in [7, 11) is 0. The van der Waals surface area contributed by atoms with Gasteiger partial charge in [-0.25, -0.2) is 9.69 Å². The molecule has 0 saturated heterocycles. The standard InChI is InChI=1S/C19H26N2O5/c1-6-25-17(23)14(11(2)20)15-12-9-7-8-10-13(12)21(16(15)22)18(24)26-19(3,4)5/h7-11,14-15H,6,20H2,1-5H3/t11-,14-,15-/m0/s1. The second-order valence-electron chi connectivity index (χ2n) is 7.33. The molecule has 0 unspecified atom stereocenters. The van der Waals surface area contributed by atoms with E-state index in [1.54, 1.807) is 58.9 Å². The van der Waals surface area contributed by atoms with Gasteiger partial charge in [0.25, 0.3) is 0 Å². The molecule has 1 aromatic rings. The van der Waals surface area contributed by atoms with Crippen LogP contribution in [0.15, 0.2) is 24.3 Å². The molecule has 0 radical (unpaired) electrons. The van der Waals surface area contributed by atoms with E-state index in [0.717, 1.165) is 4.90 Å². The lowest BCUT2D eigenvalue weighted by atomic mass is 9.83. The fourth-order valence-corrected chi connectivity index (χ4v) is 3.08. The van der Waals surface area contributed by atoms with Crippen LogP contribution in [-0.4, -0.2) is 36.2 Å². The summed E-state index contributed by atoms with van der Waals surface area (Å²) < 4.78 is 10.5. The van der Waals surface area contributed by atoms with Crippen molar-refractivity contribution in [1.29, 1.82) is 0 Å². The molecule has 7 heteroatoms. The number of esters is 1. The van der Waals surface area contributed by atoms with Crippen LogP contribution >= 0.6 is 0 Å². The van der Waals surface area contributed by atoms with E-state index in [1.807, 2.05) is 0 Å². The van der Waals surface area contributed by atoms with Crippen molar-refractivity contribution in [3.05, 3.63) is 29.8 Å². The molecule has 0 spiro atoms. The molecular formula is C19H26N2O5. The molecule has 0 saturated carbocycles. The van der Waals surface area contributed by atoms with Crippen LogP contribution in [0.5, 0.6) is 0 Å². The maximum Gasteiger partial charge on any atom is 0.421 e. The smallest absolute Gasteiger partial charge is 0.421 e. The zero-order valence-electron chi connectivity index (χ0n) is 15.8. The number of amides is 2. The zero-order valence-corrected chi connectivity index (χ0v) is 15.8. The van der Waals surface area contributed by atoms with Gasteiger partial charge in [-0.1, -0.05) is 18.2 Å². The Morgan fingerprint density at radius 3 is 2.42 bits per heavy atom.